The van der Waals surface area contributed by atoms with Crippen LogP contribution in [0.5, 0.6) is 5.75 Å². The summed E-state index contributed by atoms with van der Waals surface area (Å²) < 4.78 is 25.9. The molecule has 11 nitrogen and oxygen atoms in total. The van der Waals surface area contributed by atoms with Gasteiger partial charge in [-0.15, -0.1) is 0 Å². The molecule has 5 rings (SSSR count). The van der Waals surface area contributed by atoms with Crippen molar-refractivity contribution < 1.29 is 28.2 Å². The van der Waals surface area contributed by atoms with E-state index in [0.29, 0.717) is 63.4 Å². The van der Waals surface area contributed by atoms with Crippen LogP contribution < -0.4 is 25.4 Å². The van der Waals surface area contributed by atoms with Gasteiger partial charge in [-0.25, -0.2) is 9.37 Å². The number of nitrogens with zero attached hydrogens (tertiary/aromatic N) is 4. The summed E-state index contributed by atoms with van der Waals surface area (Å²) >= 11 is 0. The molecule has 12 heteroatoms. The van der Waals surface area contributed by atoms with Gasteiger partial charge in [0.05, 0.1) is 37.7 Å². The van der Waals surface area contributed by atoms with Crippen LogP contribution >= 0.6 is 0 Å². The van der Waals surface area contributed by atoms with Gasteiger partial charge >= 0.3 is 5.56 Å². The molecule has 42 heavy (non-hydrogen) atoms. The lowest BCUT2D eigenvalue weighted by Gasteiger charge is -2.30. The Morgan fingerprint density at radius 1 is 1.12 bits per heavy atom. The number of halogens is 1. The fraction of sp³-hybridized carbons (Fsp3) is 0.433. The molecular formula is C30H34FN5O6. The Hall–Kier alpha value is -4.32. The van der Waals surface area contributed by atoms with E-state index in [9.17, 15) is 23.6 Å². The Bertz CT molecular complexity index is 1530. The molecule has 2 fully saturated rings. The van der Waals surface area contributed by atoms with Crippen molar-refractivity contribution in [2.24, 2.45) is 0 Å². The number of amides is 2. The summed E-state index contributed by atoms with van der Waals surface area (Å²) in [5, 5.41) is 2.56. The SMILES string of the molecule is CCCCOc1c(C(=O)NCC(=O)Cc2ccc(F)cc2)nc2c(N3CCCC3=O)cc(N3CCOCC3)cn2c1=O. The highest BCUT2D eigenvalue weighted by Gasteiger charge is 2.29. The van der Waals surface area contributed by atoms with Gasteiger partial charge in [0, 0.05) is 38.7 Å². The molecule has 0 unspecified atom stereocenters. The van der Waals surface area contributed by atoms with Crippen molar-refractivity contribution in [1.82, 2.24) is 14.7 Å². The van der Waals surface area contributed by atoms with Crippen LogP contribution in [-0.2, 0) is 20.7 Å². The van der Waals surface area contributed by atoms with E-state index in [1.165, 1.54) is 28.7 Å². The zero-order chi connectivity index (χ0) is 29.6. The third kappa shape index (κ3) is 6.43. The zero-order valence-corrected chi connectivity index (χ0v) is 23.6. The van der Waals surface area contributed by atoms with E-state index in [1.54, 1.807) is 11.1 Å². The summed E-state index contributed by atoms with van der Waals surface area (Å²) in [4.78, 5) is 61.0. The second kappa shape index (κ2) is 13.1. The number of carbonyl (C=O) groups excluding carboxylic acids is 3. The molecule has 3 aromatic rings. The van der Waals surface area contributed by atoms with Crippen molar-refractivity contribution >= 4 is 34.6 Å². The molecule has 2 aliphatic heterocycles. The Kier molecular flexibility index (Phi) is 9.11. The number of fused-ring (bicyclic) bond motifs is 1. The molecule has 0 radical (unpaired) electrons. The lowest BCUT2D eigenvalue weighted by atomic mass is 10.1. The molecule has 0 spiro atoms. The van der Waals surface area contributed by atoms with Crippen molar-refractivity contribution in [1.29, 1.82) is 0 Å². The highest BCUT2D eigenvalue weighted by molar-refractivity contribution is 6.01. The van der Waals surface area contributed by atoms with Crippen LogP contribution in [-0.4, -0.2) is 73.0 Å². The summed E-state index contributed by atoms with van der Waals surface area (Å²) in [7, 11) is 0. The van der Waals surface area contributed by atoms with Crippen LogP contribution in [0.15, 0.2) is 41.3 Å². The minimum atomic E-state index is -0.746. The van der Waals surface area contributed by atoms with Gasteiger partial charge in [-0.05, 0) is 36.6 Å². The van der Waals surface area contributed by atoms with Gasteiger partial charge in [0.2, 0.25) is 11.7 Å². The Labute approximate surface area is 242 Å². The van der Waals surface area contributed by atoms with E-state index in [2.05, 4.69) is 15.2 Å². The number of carbonyl (C=O) groups is 3. The summed E-state index contributed by atoms with van der Waals surface area (Å²) in [6.07, 6.45) is 4.16. The highest BCUT2D eigenvalue weighted by atomic mass is 19.1. The molecule has 2 aromatic heterocycles. The minimum Gasteiger partial charge on any atom is -0.486 e. The topological polar surface area (TPSA) is 123 Å². The first-order valence-corrected chi connectivity index (χ1v) is 14.3. The molecule has 2 aliphatic rings. The van der Waals surface area contributed by atoms with E-state index in [1.807, 2.05) is 13.0 Å². The van der Waals surface area contributed by atoms with E-state index >= 15 is 0 Å². The number of anilines is 2. The van der Waals surface area contributed by atoms with Crippen LogP contribution in [0.25, 0.3) is 5.65 Å². The molecular weight excluding hydrogens is 545 g/mol. The summed E-state index contributed by atoms with van der Waals surface area (Å²) in [6, 6.07) is 7.36. The number of rotatable bonds is 11. The van der Waals surface area contributed by atoms with Crippen LogP contribution in [0.4, 0.5) is 15.8 Å². The van der Waals surface area contributed by atoms with Gasteiger partial charge in [0.15, 0.2) is 17.1 Å². The number of ether oxygens (including phenoxy) is 2. The maximum Gasteiger partial charge on any atom is 0.301 e. The molecule has 0 atom stereocenters. The van der Waals surface area contributed by atoms with Crippen LogP contribution in [0, 0.1) is 5.82 Å². The average Bonchev–Trinajstić information content (AvgIpc) is 3.43. The first-order chi connectivity index (χ1) is 20.4. The maximum atomic E-state index is 13.9. The van der Waals surface area contributed by atoms with Crippen molar-refractivity contribution in [3.8, 4) is 5.75 Å². The number of nitrogens with one attached hydrogen (secondary N) is 1. The molecule has 2 saturated heterocycles. The van der Waals surface area contributed by atoms with Gasteiger partial charge in [-0.1, -0.05) is 25.5 Å². The van der Waals surface area contributed by atoms with Crippen molar-refractivity contribution in [3.05, 3.63) is 64.0 Å². The monoisotopic (exact) mass is 579 g/mol. The summed E-state index contributed by atoms with van der Waals surface area (Å²) in [6.45, 7) is 4.62. The number of benzene rings is 1. The second-order valence-corrected chi connectivity index (χ2v) is 10.3. The van der Waals surface area contributed by atoms with Crippen molar-refractivity contribution in [2.45, 2.75) is 39.0 Å². The molecule has 222 valence electrons. The fourth-order valence-electron chi connectivity index (χ4n) is 5.05. The molecule has 0 bridgehead atoms. The van der Waals surface area contributed by atoms with Gasteiger partial charge in [-0.3, -0.25) is 23.6 Å². The van der Waals surface area contributed by atoms with E-state index in [-0.39, 0.29) is 48.4 Å². The predicted octanol–water partition coefficient (Wildman–Crippen LogP) is 2.52. The average molecular weight is 580 g/mol. The second-order valence-electron chi connectivity index (χ2n) is 10.3. The number of unbranched alkanes of at least 4 members (excludes halogenated alkanes) is 1. The number of ketones is 1. The molecule has 1 aromatic carbocycles. The largest absolute Gasteiger partial charge is 0.486 e. The number of hydrogen-bond donors (Lipinski definition) is 1. The molecule has 4 heterocycles. The maximum absolute atomic E-state index is 13.9. The van der Waals surface area contributed by atoms with Gasteiger partial charge in [-0.2, -0.15) is 0 Å². The fourth-order valence-corrected chi connectivity index (χ4v) is 5.05. The van der Waals surface area contributed by atoms with E-state index in [4.69, 9.17) is 9.47 Å². The minimum absolute atomic E-state index is 0.000238. The van der Waals surface area contributed by atoms with Crippen LogP contribution in [0.2, 0.25) is 0 Å². The molecule has 0 aliphatic carbocycles. The van der Waals surface area contributed by atoms with E-state index in [0.717, 1.165) is 12.1 Å². The third-order valence-corrected chi connectivity index (χ3v) is 7.31. The highest BCUT2D eigenvalue weighted by Crippen LogP contribution is 2.31. The summed E-state index contributed by atoms with van der Waals surface area (Å²) in [5.41, 5.74) is 1.09. The number of morpholine rings is 1. The smallest absolute Gasteiger partial charge is 0.301 e. The zero-order valence-electron chi connectivity index (χ0n) is 23.6. The normalized spacial score (nSPS) is 15.3. The van der Waals surface area contributed by atoms with Gasteiger partial charge < -0.3 is 24.6 Å². The van der Waals surface area contributed by atoms with Crippen molar-refractivity contribution in [3.63, 3.8) is 0 Å². The Balaban J connectivity index is 1.52. The Morgan fingerprint density at radius 3 is 2.57 bits per heavy atom. The van der Waals surface area contributed by atoms with E-state index < -0.39 is 17.3 Å². The standard InChI is InChI=1S/C30H34FN5O6/c1-2-3-13-42-27-26(29(39)32-18-23(37)16-20-6-8-21(31)9-7-20)33-28-24(35-10-4-5-25(35)38)17-22(19-36(28)30(27)40)34-11-14-41-15-12-34/h6-9,17,19H,2-5,10-16,18H2,1H3,(H,32,39). The van der Waals surface area contributed by atoms with Crippen molar-refractivity contribution in [2.75, 3.05) is 55.8 Å². The molecule has 1 N–H and O–H groups in total. The van der Waals surface area contributed by atoms with Crippen LogP contribution in [0.1, 0.15) is 48.7 Å². The molecule has 0 saturated carbocycles. The van der Waals surface area contributed by atoms with Gasteiger partial charge in [0.1, 0.15) is 5.82 Å². The molecule has 2 amide bonds. The predicted molar refractivity (Wildman–Crippen MR) is 154 cm³/mol. The first kappa shape index (κ1) is 29.2. The lowest BCUT2D eigenvalue weighted by Crippen LogP contribution is -2.37. The Morgan fingerprint density at radius 2 is 1.88 bits per heavy atom. The lowest BCUT2D eigenvalue weighted by molar-refractivity contribution is -0.118. The quantitative estimate of drug-likeness (QED) is 0.344. The number of pyridine rings is 1. The number of aromatic nitrogens is 2. The third-order valence-electron chi connectivity index (χ3n) is 7.31. The van der Waals surface area contributed by atoms with Crippen LogP contribution in [0.3, 0.4) is 0 Å². The number of hydrogen-bond acceptors (Lipinski definition) is 8. The summed E-state index contributed by atoms with van der Waals surface area (Å²) in [5.74, 6) is -1.77. The van der Waals surface area contributed by atoms with Gasteiger partial charge in [0.25, 0.3) is 5.91 Å². The number of Topliss-reactive ketones (excluding diaryl/α,β-unsaturated/α-hetero) is 1. The first-order valence-electron chi connectivity index (χ1n) is 14.3.